The van der Waals surface area contributed by atoms with E-state index in [-0.39, 0.29) is 23.7 Å². The fourth-order valence-corrected chi connectivity index (χ4v) is 6.89. The molecule has 2 aromatic heterocycles. The molecule has 1 aliphatic carbocycles. The third kappa shape index (κ3) is 6.48. The Morgan fingerprint density at radius 3 is 2.71 bits per heavy atom. The summed E-state index contributed by atoms with van der Waals surface area (Å²) in [5.41, 5.74) is 4.22. The van der Waals surface area contributed by atoms with Crippen LogP contribution in [0.15, 0.2) is 36.0 Å². The van der Waals surface area contributed by atoms with Gasteiger partial charge in [0.25, 0.3) is 0 Å². The Morgan fingerprint density at radius 1 is 1.32 bits per heavy atom. The molecule has 3 aromatic rings. The van der Waals surface area contributed by atoms with Gasteiger partial charge in [0.05, 0.1) is 11.3 Å². The number of amides is 1. The van der Waals surface area contributed by atoms with Gasteiger partial charge in [-0.15, -0.1) is 28.1 Å². The highest BCUT2D eigenvalue weighted by Crippen LogP contribution is 2.44. The zero-order valence-electron chi connectivity index (χ0n) is 22.8. The van der Waals surface area contributed by atoms with Crippen molar-refractivity contribution < 1.29 is 9.53 Å². The summed E-state index contributed by atoms with van der Waals surface area (Å²) in [6, 6.07) is 8.41. The van der Waals surface area contributed by atoms with Gasteiger partial charge in [0.1, 0.15) is 23.4 Å². The van der Waals surface area contributed by atoms with Crippen LogP contribution in [0.25, 0.3) is 0 Å². The monoisotopic (exact) mass is 549 g/mol. The highest BCUT2D eigenvalue weighted by Gasteiger charge is 2.32. The van der Waals surface area contributed by atoms with Crippen LogP contribution in [0, 0.1) is 36.5 Å². The summed E-state index contributed by atoms with van der Waals surface area (Å²) in [5.74, 6) is 2.01. The van der Waals surface area contributed by atoms with Crippen LogP contribution in [-0.4, -0.2) is 26.4 Å². The Labute approximate surface area is 233 Å². The van der Waals surface area contributed by atoms with Gasteiger partial charge in [0.15, 0.2) is 11.0 Å². The van der Waals surface area contributed by atoms with Crippen LogP contribution in [0.2, 0.25) is 0 Å². The summed E-state index contributed by atoms with van der Waals surface area (Å²) in [6.45, 7) is 15.5. The quantitative estimate of drug-likeness (QED) is 0.243. The van der Waals surface area contributed by atoms with Gasteiger partial charge in [-0.05, 0) is 73.3 Å². The van der Waals surface area contributed by atoms with Crippen molar-refractivity contribution in [2.24, 2.45) is 11.3 Å². The van der Waals surface area contributed by atoms with E-state index in [1.807, 2.05) is 30.5 Å². The first-order valence-electron chi connectivity index (χ1n) is 12.8. The number of aryl methyl sites for hydroxylation is 2. The number of hydrogen-bond acceptors (Lipinski definition) is 7. The molecule has 1 aromatic carbocycles. The predicted octanol–water partition coefficient (Wildman–Crippen LogP) is 6.47. The molecule has 4 rings (SSSR count). The summed E-state index contributed by atoms with van der Waals surface area (Å²) in [7, 11) is 0. The lowest BCUT2D eigenvalue weighted by Crippen LogP contribution is -2.26. The molecule has 1 aliphatic rings. The molecule has 0 radical (unpaired) electrons. The molecule has 200 valence electrons. The van der Waals surface area contributed by atoms with E-state index in [9.17, 15) is 10.1 Å². The topological polar surface area (TPSA) is 92.8 Å². The predicted molar refractivity (Wildman–Crippen MR) is 154 cm³/mol. The van der Waals surface area contributed by atoms with Gasteiger partial charge in [-0.2, -0.15) is 5.26 Å². The van der Waals surface area contributed by atoms with E-state index in [1.165, 1.54) is 16.6 Å². The summed E-state index contributed by atoms with van der Waals surface area (Å²) >= 11 is 2.86. The lowest BCUT2D eigenvalue weighted by molar-refractivity contribution is -0.113. The van der Waals surface area contributed by atoms with E-state index in [1.54, 1.807) is 17.4 Å². The molecule has 2 heterocycles. The number of thioether (sulfide) groups is 1. The highest BCUT2D eigenvalue weighted by atomic mass is 32.2. The molecule has 1 amide bonds. The SMILES string of the molecule is C=CCn1c(COc2cc(C)cc(C)c2)nnc1SCC(=O)Nc1sc2c(c1C#N)CC[C@@H](C(C)(C)C)C2. The van der Waals surface area contributed by atoms with Crippen molar-refractivity contribution in [1.82, 2.24) is 14.8 Å². The number of hydrogen-bond donors (Lipinski definition) is 1. The van der Waals surface area contributed by atoms with Crippen molar-refractivity contribution in [3.8, 4) is 11.8 Å². The Balaban J connectivity index is 1.41. The molecule has 1 atom stereocenters. The first-order chi connectivity index (χ1) is 18.1. The van der Waals surface area contributed by atoms with Crippen LogP contribution in [-0.2, 0) is 30.8 Å². The number of carbonyl (C=O) groups excluding carboxylic acids is 1. The number of ether oxygens (including phenoxy) is 1. The number of allylic oxidation sites excluding steroid dienone is 1. The summed E-state index contributed by atoms with van der Waals surface area (Å²) in [4.78, 5) is 14.1. The van der Waals surface area contributed by atoms with Crippen molar-refractivity contribution in [2.75, 3.05) is 11.1 Å². The van der Waals surface area contributed by atoms with Crippen LogP contribution in [0.1, 0.15) is 60.1 Å². The molecule has 0 fully saturated rings. The molecule has 0 bridgehead atoms. The van der Waals surface area contributed by atoms with E-state index < -0.39 is 0 Å². The Kier molecular flexibility index (Phi) is 8.64. The number of nitrogens with zero attached hydrogens (tertiary/aromatic N) is 4. The minimum absolute atomic E-state index is 0.158. The molecule has 38 heavy (non-hydrogen) atoms. The van der Waals surface area contributed by atoms with E-state index in [0.717, 1.165) is 41.7 Å². The van der Waals surface area contributed by atoms with Crippen molar-refractivity contribution in [2.45, 2.75) is 72.2 Å². The van der Waals surface area contributed by atoms with E-state index in [2.05, 4.69) is 55.0 Å². The first kappa shape index (κ1) is 27.9. The average molecular weight is 550 g/mol. The summed E-state index contributed by atoms with van der Waals surface area (Å²) < 4.78 is 7.88. The number of rotatable bonds is 9. The minimum atomic E-state index is -0.168. The van der Waals surface area contributed by atoms with Gasteiger partial charge in [-0.3, -0.25) is 9.36 Å². The zero-order chi connectivity index (χ0) is 27.4. The maximum atomic E-state index is 12.9. The second kappa shape index (κ2) is 11.7. The van der Waals surface area contributed by atoms with Gasteiger partial charge < -0.3 is 10.1 Å². The van der Waals surface area contributed by atoms with E-state index in [0.29, 0.717) is 34.0 Å². The molecule has 0 saturated heterocycles. The number of aromatic nitrogens is 3. The van der Waals surface area contributed by atoms with Crippen molar-refractivity contribution in [3.05, 3.63) is 63.8 Å². The minimum Gasteiger partial charge on any atom is -0.486 e. The molecule has 0 unspecified atom stereocenters. The van der Waals surface area contributed by atoms with Crippen LogP contribution in [0.3, 0.4) is 0 Å². The van der Waals surface area contributed by atoms with Crippen LogP contribution in [0.5, 0.6) is 5.75 Å². The molecular formula is C29H35N5O2S2. The fourth-order valence-electron chi connectivity index (χ4n) is 4.83. The number of nitriles is 1. The van der Waals surface area contributed by atoms with Crippen LogP contribution in [0.4, 0.5) is 5.00 Å². The van der Waals surface area contributed by atoms with E-state index >= 15 is 0 Å². The molecule has 0 spiro atoms. The number of nitrogens with one attached hydrogen (secondary N) is 1. The number of benzene rings is 1. The van der Waals surface area contributed by atoms with E-state index in [4.69, 9.17) is 4.74 Å². The summed E-state index contributed by atoms with van der Waals surface area (Å²) in [6.07, 6.45) is 4.69. The molecular weight excluding hydrogens is 514 g/mol. The largest absolute Gasteiger partial charge is 0.486 e. The standard InChI is InChI=1S/C29H35N5O2S2/c1-7-10-34-25(16-36-21-12-18(2)11-19(3)13-21)32-33-28(34)37-17-26(35)31-27-23(15-30)22-9-8-20(29(4,5)6)14-24(22)38-27/h7,11-13,20H,1,8-10,14,16-17H2,2-6H3,(H,31,35)/t20-/m1/s1. The molecule has 9 heteroatoms. The van der Waals surface area contributed by atoms with Gasteiger partial charge in [0, 0.05) is 11.4 Å². The first-order valence-corrected chi connectivity index (χ1v) is 14.6. The zero-order valence-corrected chi connectivity index (χ0v) is 24.4. The third-order valence-electron chi connectivity index (χ3n) is 6.86. The molecule has 7 nitrogen and oxygen atoms in total. The normalized spacial score (nSPS) is 15.0. The third-order valence-corrected chi connectivity index (χ3v) is 8.99. The molecule has 0 saturated carbocycles. The maximum Gasteiger partial charge on any atom is 0.235 e. The number of fused-ring (bicyclic) bond motifs is 1. The van der Waals surface area contributed by atoms with Crippen molar-refractivity contribution in [1.29, 1.82) is 5.26 Å². The molecule has 0 aliphatic heterocycles. The van der Waals surface area contributed by atoms with Gasteiger partial charge in [0.2, 0.25) is 5.91 Å². The van der Waals surface area contributed by atoms with Crippen LogP contribution >= 0.6 is 23.1 Å². The fraction of sp³-hybridized carbons (Fsp3) is 0.448. The Hall–Kier alpha value is -3.09. The van der Waals surface area contributed by atoms with Crippen molar-refractivity contribution >= 4 is 34.0 Å². The molecule has 1 N–H and O–H groups in total. The Bertz CT molecular complexity index is 1360. The average Bonchev–Trinajstić information content (AvgIpc) is 3.39. The number of thiophene rings is 1. The second-order valence-electron chi connectivity index (χ2n) is 10.9. The van der Waals surface area contributed by atoms with Gasteiger partial charge >= 0.3 is 0 Å². The lowest BCUT2D eigenvalue weighted by atomic mass is 9.72. The van der Waals surface area contributed by atoms with Crippen LogP contribution < -0.4 is 10.1 Å². The lowest BCUT2D eigenvalue weighted by Gasteiger charge is -2.33. The Morgan fingerprint density at radius 2 is 2.05 bits per heavy atom. The van der Waals surface area contributed by atoms with Crippen molar-refractivity contribution in [3.63, 3.8) is 0 Å². The van der Waals surface area contributed by atoms with Gasteiger partial charge in [-0.1, -0.05) is 44.7 Å². The second-order valence-corrected chi connectivity index (χ2v) is 12.9. The summed E-state index contributed by atoms with van der Waals surface area (Å²) in [5, 5.41) is 22.7. The smallest absolute Gasteiger partial charge is 0.235 e. The number of anilines is 1. The maximum absolute atomic E-state index is 12.9. The number of carbonyl (C=O) groups is 1. The van der Waals surface area contributed by atoms with Gasteiger partial charge in [-0.25, -0.2) is 0 Å². The highest BCUT2D eigenvalue weighted by molar-refractivity contribution is 7.99.